The summed E-state index contributed by atoms with van der Waals surface area (Å²) in [6.07, 6.45) is 10.2. The van der Waals surface area contributed by atoms with Gasteiger partial charge < -0.3 is 15.3 Å². The molecule has 1 aliphatic carbocycles. The summed E-state index contributed by atoms with van der Waals surface area (Å²) >= 11 is 0. The van der Waals surface area contributed by atoms with Gasteiger partial charge in [0, 0.05) is 86.7 Å². The van der Waals surface area contributed by atoms with Crippen LogP contribution < -0.4 is 15.5 Å². The lowest BCUT2D eigenvalue weighted by Gasteiger charge is -2.46. The summed E-state index contributed by atoms with van der Waals surface area (Å²) in [7, 11) is 0. The number of carbonyl (C=O) groups excluding carboxylic acids is 3. The Morgan fingerprint density at radius 1 is 0.934 bits per heavy atom. The Kier molecular flexibility index (Phi) is 10.8. The fourth-order valence-corrected chi connectivity index (χ4v) is 10.0. The Morgan fingerprint density at radius 2 is 1.62 bits per heavy atom. The molecule has 61 heavy (non-hydrogen) atoms. The molecule has 1 saturated carbocycles. The maximum Gasteiger partial charge on any atom is 0.274 e. The van der Waals surface area contributed by atoms with Crippen molar-refractivity contribution in [2.45, 2.75) is 102 Å². The fourth-order valence-electron chi connectivity index (χ4n) is 10.0. The molecular weight excluding hydrogens is 778 g/mol. The van der Waals surface area contributed by atoms with Gasteiger partial charge >= 0.3 is 0 Å². The standard InChI is InChI=1S/C45H52FN11O4/c1-27-40(23-36(46)42(49-27)34-9-11-41(58)51-43(34)59)55-14-12-31(13-15-55)54-18-16-53(17-19-54)30-4-6-32(7-5-30)56-26-29-21-38(35(45(2,3)61)22-37(29)52-56)50-44(60)39-10-8-33-20-28(24-47)25-48-57(33)39/h8,10,20-23,25-26,30-32,34,61H,4-7,9,11-19H2,1-3H3,(H,50,60)(H,51,58,59)/t30?,32?,34-/m0/s1. The molecule has 3 aliphatic heterocycles. The van der Waals surface area contributed by atoms with Crippen LogP contribution in [0.1, 0.15) is 110 Å². The summed E-state index contributed by atoms with van der Waals surface area (Å²) in [4.78, 5) is 49.6. The normalized spacial score (nSPS) is 22.4. The van der Waals surface area contributed by atoms with Crippen molar-refractivity contribution in [2.75, 3.05) is 49.5 Å². The predicted octanol–water partition coefficient (Wildman–Crippen LogP) is 5.17. The molecule has 9 rings (SSSR count). The number of nitrogens with one attached hydrogen (secondary N) is 2. The highest BCUT2D eigenvalue weighted by Gasteiger charge is 2.35. The van der Waals surface area contributed by atoms with Crippen molar-refractivity contribution < 1.29 is 23.9 Å². The number of halogens is 1. The number of nitrogens with zero attached hydrogens (tertiary/aromatic N) is 9. The van der Waals surface area contributed by atoms with E-state index in [4.69, 9.17) is 5.10 Å². The van der Waals surface area contributed by atoms with Crippen LogP contribution in [0.5, 0.6) is 0 Å². The molecule has 0 radical (unpaired) electrons. The number of anilines is 2. The second-order valence-corrected chi connectivity index (χ2v) is 17.7. The molecular formula is C45H52FN11O4. The number of nitriles is 1. The lowest BCUT2D eigenvalue weighted by Crippen LogP contribution is -2.55. The van der Waals surface area contributed by atoms with E-state index < -0.39 is 23.2 Å². The molecule has 4 aliphatic rings. The molecule has 5 aromatic rings. The van der Waals surface area contributed by atoms with E-state index in [-0.39, 0.29) is 36.4 Å². The summed E-state index contributed by atoms with van der Waals surface area (Å²) in [6.45, 7) is 11.1. The molecule has 3 N–H and O–H groups in total. The predicted molar refractivity (Wildman–Crippen MR) is 227 cm³/mol. The first-order valence-electron chi connectivity index (χ1n) is 21.5. The van der Waals surface area contributed by atoms with E-state index in [0.717, 1.165) is 94.4 Å². The molecule has 0 unspecified atom stereocenters. The number of pyridine rings is 1. The molecule has 3 amide bonds. The molecule has 7 heterocycles. The number of aliphatic hydroxyl groups is 1. The van der Waals surface area contributed by atoms with E-state index in [0.29, 0.717) is 45.8 Å². The molecule has 318 valence electrons. The van der Waals surface area contributed by atoms with Gasteiger partial charge in [0.15, 0.2) is 0 Å². The van der Waals surface area contributed by atoms with Gasteiger partial charge in [-0.2, -0.15) is 15.5 Å². The minimum Gasteiger partial charge on any atom is -0.386 e. The highest BCUT2D eigenvalue weighted by molar-refractivity contribution is 6.05. The number of fused-ring (bicyclic) bond motifs is 2. The van der Waals surface area contributed by atoms with Crippen LogP contribution in [-0.2, 0) is 15.2 Å². The van der Waals surface area contributed by atoms with E-state index >= 15 is 4.39 Å². The minimum atomic E-state index is -1.24. The lowest BCUT2D eigenvalue weighted by molar-refractivity contribution is -0.134. The Hall–Kier alpha value is -5.76. The largest absolute Gasteiger partial charge is 0.386 e. The van der Waals surface area contributed by atoms with Crippen molar-refractivity contribution in [1.82, 2.24) is 39.5 Å². The number of amides is 3. The van der Waals surface area contributed by atoms with Gasteiger partial charge in [-0.3, -0.25) is 39.2 Å². The summed E-state index contributed by atoms with van der Waals surface area (Å²) < 4.78 is 18.9. The highest BCUT2D eigenvalue weighted by Crippen LogP contribution is 2.37. The maximum atomic E-state index is 15.3. The smallest absolute Gasteiger partial charge is 0.274 e. The van der Waals surface area contributed by atoms with Crippen molar-refractivity contribution in [1.29, 1.82) is 5.26 Å². The Bertz CT molecular complexity index is 2550. The van der Waals surface area contributed by atoms with E-state index in [1.54, 1.807) is 32.0 Å². The van der Waals surface area contributed by atoms with Gasteiger partial charge in [-0.05, 0) is 96.0 Å². The van der Waals surface area contributed by atoms with Crippen LogP contribution in [0.2, 0.25) is 0 Å². The molecule has 1 aromatic carbocycles. The number of aromatic nitrogens is 5. The van der Waals surface area contributed by atoms with Crippen molar-refractivity contribution in [3.05, 3.63) is 82.8 Å². The number of piperidine rings is 2. The molecule has 15 nitrogen and oxygen atoms in total. The zero-order chi connectivity index (χ0) is 42.6. The average Bonchev–Trinajstić information content (AvgIpc) is 3.88. The van der Waals surface area contributed by atoms with Crippen molar-refractivity contribution in [3.63, 3.8) is 0 Å². The topological polar surface area (TPSA) is 177 Å². The Balaban J connectivity index is 0.779. The van der Waals surface area contributed by atoms with Crippen LogP contribution in [0.25, 0.3) is 16.4 Å². The van der Waals surface area contributed by atoms with Gasteiger partial charge in [-0.1, -0.05) is 0 Å². The maximum absolute atomic E-state index is 15.3. The third kappa shape index (κ3) is 8.09. The summed E-state index contributed by atoms with van der Waals surface area (Å²) in [6, 6.07) is 13.7. The zero-order valence-corrected chi connectivity index (χ0v) is 34.9. The Morgan fingerprint density at radius 3 is 2.30 bits per heavy atom. The molecule has 0 bridgehead atoms. The Labute approximate surface area is 353 Å². The van der Waals surface area contributed by atoms with E-state index in [2.05, 4.69) is 52.4 Å². The molecule has 4 fully saturated rings. The van der Waals surface area contributed by atoms with Crippen molar-refractivity contribution in [2.24, 2.45) is 0 Å². The second kappa shape index (κ2) is 16.3. The van der Waals surface area contributed by atoms with Gasteiger partial charge in [-0.15, -0.1) is 0 Å². The average molecular weight is 830 g/mol. The number of imide groups is 1. The van der Waals surface area contributed by atoms with E-state index in [1.165, 1.54) is 16.8 Å². The highest BCUT2D eigenvalue weighted by atomic mass is 19.1. The first-order chi connectivity index (χ1) is 29.3. The fraction of sp³-hybridized carbons (Fsp3) is 0.489. The molecule has 1 atom stereocenters. The van der Waals surface area contributed by atoms with Gasteiger partial charge in [0.25, 0.3) is 5.91 Å². The van der Waals surface area contributed by atoms with Gasteiger partial charge in [0.2, 0.25) is 11.8 Å². The van der Waals surface area contributed by atoms with Gasteiger partial charge in [0.05, 0.1) is 57.4 Å². The minimum absolute atomic E-state index is 0.127. The number of benzene rings is 1. The third-order valence-corrected chi connectivity index (χ3v) is 13.4. The number of rotatable bonds is 8. The van der Waals surface area contributed by atoms with E-state index in [9.17, 15) is 24.8 Å². The number of aryl methyl sites for hydroxylation is 1. The van der Waals surface area contributed by atoms with Crippen molar-refractivity contribution >= 4 is 45.5 Å². The number of carbonyl (C=O) groups is 3. The molecule has 3 saturated heterocycles. The zero-order valence-electron chi connectivity index (χ0n) is 34.9. The number of hydrogen-bond donors (Lipinski definition) is 3. The van der Waals surface area contributed by atoms with E-state index in [1.807, 2.05) is 19.1 Å². The first-order valence-corrected chi connectivity index (χ1v) is 21.5. The first kappa shape index (κ1) is 40.6. The van der Waals surface area contributed by atoms with Crippen molar-refractivity contribution in [3.8, 4) is 6.07 Å². The summed E-state index contributed by atoms with van der Waals surface area (Å²) in [5, 5.41) is 35.9. The van der Waals surface area contributed by atoms with Crippen LogP contribution in [-0.4, -0.2) is 108 Å². The van der Waals surface area contributed by atoms with Gasteiger partial charge in [-0.25, -0.2) is 8.91 Å². The van der Waals surface area contributed by atoms with Gasteiger partial charge in [0.1, 0.15) is 17.6 Å². The van der Waals surface area contributed by atoms with Crippen LogP contribution in [0, 0.1) is 24.1 Å². The number of piperazine rings is 1. The summed E-state index contributed by atoms with van der Waals surface area (Å²) in [5.74, 6) is -2.41. The lowest BCUT2D eigenvalue weighted by atomic mass is 9.89. The molecule has 16 heteroatoms. The second-order valence-electron chi connectivity index (χ2n) is 17.7. The van der Waals surface area contributed by atoms with Crippen LogP contribution in [0.3, 0.4) is 0 Å². The van der Waals surface area contributed by atoms with Crippen LogP contribution in [0.4, 0.5) is 15.8 Å². The SMILES string of the molecule is Cc1nc([C@@H]2CCC(=O)NC2=O)c(F)cc1N1CCC(N2CCN(C3CCC(n4cc5cc(NC(=O)c6ccc7cc(C#N)cnn67)c(C(C)(C)O)cc5n4)CC3)CC2)CC1. The summed E-state index contributed by atoms with van der Waals surface area (Å²) in [5.41, 5.74) is 3.56. The van der Waals surface area contributed by atoms with Crippen LogP contribution >= 0.6 is 0 Å². The monoisotopic (exact) mass is 829 g/mol. The number of hydrogen-bond acceptors (Lipinski definition) is 11. The third-order valence-electron chi connectivity index (χ3n) is 13.4. The molecule has 4 aromatic heterocycles. The van der Waals surface area contributed by atoms with Crippen LogP contribution in [0.15, 0.2) is 48.8 Å². The quantitative estimate of drug-likeness (QED) is 0.176. The molecule has 0 spiro atoms.